The van der Waals surface area contributed by atoms with Crippen LogP contribution < -0.4 is 10.6 Å². The van der Waals surface area contributed by atoms with E-state index >= 15 is 0 Å². The molecule has 19 heavy (non-hydrogen) atoms. The van der Waals surface area contributed by atoms with Crippen LogP contribution in [0.25, 0.3) is 10.8 Å². The zero-order chi connectivity index (χ0) is 13.7. The Bertz CT molecular complexity index is 535. The van der Waals surface area contributed by atoms with Crippen LogP contribution in [0.1, 0.15) is 26.3 Å². The summed E-state index contributed by atoms with van der Waals surface area (Å²) in [6.07, 6.45) is 1.98. The standard InChI is InChI=1S/C16H23N3/c1-4-17-10-13-11-19-16(18-9-12(2)3)15-8-6-5-7-14(13)15/h5-8,11-12,17H,4,9-10H2,1-3H3,(H,18,19). The first-order valence-corrected chi connectivity index (χ1v) is 7.03. The molecule has 3 heteroatoms. The summed E-state index contributed by atoms with van der Waals surface area (Å²) in [6, 6.07) is 8.47. The van der Waals surface area contributed by atoms with Crippen LogP contribution in [0.5, 0.6) is 0 Å². The van der Waals surface area contributed by atoms with E-state index in [1.165, 1.54) is 16.3 Å². The Balaban J connectivity index is 2.34. The van der Waals surface area contributed by atoms with E-state index in [-0.39, 0.29) is 0 Å². The van der Waals surface area contributed by atoms with Crippen molar-refractivity contribution in [2.24, 2.45) is 5.92 Å². The predicted octanol–water partition coefficient (Wildman–Crippen LogP) is 3.41. The number of nitrogens with one attached hydrogen (secondary N) is 2. The van der Waals surface area contributed by atoms with Crippen LogP contribution in [0.2, 0.25) is 0 Å². The first kappa shape index (κ1) is 13.8. The molecule has 0 bridgehead atoms. The average Bonchev–Trinajstić information content (AvgIpc) is 2.43. The largest absolute Gasteiger partial charge is 0.369 e. The highest BCUT2D eigenvalue weighted by Crippen LogP contribution is 2.24. The van der Waals surface area contributed by atoms with Gasteiger partial charge in [-0.2, -0.15) is 0 Å². The minimum absolute atomic E-state index is 0.613. The van der Waals surface area contributed by atoms with Crippen molar-refractivity contribution >= 4 is 16.6 Å². The predicted molar refractivity (Wildman–Crippen MR) is 82.5 cm³/mol. The fourth-order valence-electron chi connectivity index (χ4n) is 2.09. The molecule has 2 rings (SSSR count). The summed E-state index contributed by atoms with van der Waals surface area (Å²) in [5.41, 5.74) is 1.26. The summed E-state index contributed by atoms with van der Waals surface area (Å²) in [4.78, 5) is 4.58. The van der Waals surface area contributed by atoms with Crippen molar-refractivity contribution in [1.29, 1.82) is 0 Å². The first-order valence-electron chi connectivity index (χ1n) is 7.03. The van der Waals surface area contributed by atoms with E-state index in [1.807, 2.05) is 6.20 Å². The summed E-state index contributed by atoms with van der Waals surface area (Å²) in [7, 11) is 0. The molecule has 2 aromatic rings. The van der Waals surface area contributed by atoms with E-state index in [0.29, 0.717) is 5.92 Å². The molecular weight excluding hydrogens is 234 g/mol. The lowest BCUT2D eigenvalue weighted by atomic mass is 10.1. The number of benzene rings is 1. The summed E-state index contributed by atoms with van der Waals surface area (Å²) in [6.45, 7) is 9.32. The van der Waals surface area contributed by atoms with Crippen LogP contribution in [0.4, 0.5) is 5.82 Å². The fourth-order valence-corrected chi connectivity index (χ4v) is 2.09. The van der Waals surface area contributed by atoms with Gasteiger partial charge < -0.3 is 10.6 Å². The molecule has 0 aliphatic rings. The molecule has 1 heterocycles. The average molecular weight is 257 g/mol. The zero-order valence-corrected chi connectivity index (χ0v) is 12.0. The number of hydrogen-bond acceptors (Lipinski definition) is 3. The van der Waals surface area contributed by atoms with E-state index in [1.54, 1.807) is 0 Å². The second-order valence-corrected chi connectivity index (χ2v) is 5.23. The number of aromatic nitrogens is 1. The second-order valence-electron chi connectivity index (χ2n) is 5.23. The zero-order valence-electron chi connectivity index (χ0n) is 12.0. The van der Waals surface area contributed by atoms with Gasteiger partial charge in [0.2, 0.25) is 0 Å². The number of anilines is 1. The Morgan fingerprint density at radius 3 is 2.58 bits per heavy atom. The van der Waals surface area contributed by atoms with Gasteiger partial charge in [-0.1, -0.05) is 45.0 Å². The summed E-state index contributed by atoms with van der Waals surface area (Å²) in [5, 5.41) is 9.29. The molecule has 0 saturated carbocycles. The third-order valence-electron chi connectivity index (χ3n) is 3.12. The van der Waals surface area contributed by atoms with Gasteiger partial charge in [0, 0.05) is 24.7 Å². The van der Waals surface area contributed by atoms with Gasteiger partial charge in [0.15, 0.2) is 0 Å². The third kappa shape index (κ3) is 3.44. The van der Waals surface area contributed by atoms with E-state index < -0.39 is 0 Å². The lowest BCUT2D eigenvalue weighted by Gasteiger charge is -2.13. The molecule has 0 spiro atoms. The molecule has 1 aromatic heterocycles. The van der Waals surface area contributed by atoms with Crippen molar-refractivity contribution in [2.75, 3.05) is 18.4 Å². The van der Waals surface area contributed by atoms with E-state index in [9.17, 15) is 0 Å². The fraction of sp³-hybridized carbons (Fsp3) is 0.438. The number of hydrogen-bond donors (Lipinski definition) is 2. The highest BCUT2D eigenvalue weighted by molar-refractivity contribution is 5.93. The molecular formula is C16H23N3. The first-order chi connectivity index (χ1) is 9.22. The van der Waals surface area contributed by atoms with E-state index in [2.05, 4.69) is 60.7 Å². The SMILES string of the molecule is CCNCc1cnc(NCC(C)C)c2ccccc12. The minimum Gasteiger partial charge on any atom is -0.369 e. The van der Waals surface area contributed by atoms with Crippen LogP contribution in [-0.2, 0) is 6.54 Å². The molecule has 0 atom stereocenters. The Hall–Kier alpha value is -1.61. The number of fused-ring (bicyclic) bond motifs is 1. The maximum Gasteiger partial charge on any atom is 0.133 e. The molecule has 0 radical (unpaired) electrons. The van der Waals surface area contributed by atoms with Gasteiger partial charge >= 0.3 is 0 Å². The van der Waals surface area contributed by atoms with Crippen LogP contribution in [0, 0.1) is 5.92 Å². The molecule has 0 fully saturated rings. The molecule has 102 valence electrons. The Labute approximate surface area is 115 Å². The molecule has 0 aliphatic heterocycles. The number of pyridine rings is 1. The Kier molecular flexibility index (Phi) is 4.74. The molecule has 0 unspecified atom stereocenters. The molecule has 2 N–H and O–H groups in total. The van der Waals surface area contributed by atoms with Crippen molar-refractivity contribution in [3.8, 4) is 0 Å². The van der Waals surface area contributed by atoms with Gasteiger partial charge in [-0.15, -0.1) is 0 Å². The lowest BCUT2D eigenvalue weighted by Crippen LogP contribution is -2.13. The van der Waals surface area contributed by atoms with Crippen LogP contribution >= 0.6 is 0 Å². The minimum atomic E-state index is 0.613. The molecule has 3 nitrogen and oxygen atoms in total. The van der Waals surface area contributed by atoms with Gasteiger partial charge in [0.05, 0.1) is 0 Å². The lowest BCUT2D eigenvalue weighted by molar-refractivity contribution is 0.687. The highest BCUT2D eigenvalue weighted by atomic mass is 15.0. The van der Waals surface area contributed by atoms with E-state index in [4.69, 9.17) is 0 Å². The molecule has 0 amide bonds. The van der Waals surface area contributed by atoms with Crippen molar-refractivity contribution < 1.29 is 0 Å². The number of nitrogens with zero attached hydrogens (tertiary/aromatic N) is 1. The number of rotatable bonds is 6. The van der Waals surface area contributed by atoms with Gasteiger partial charge in [-0.05, 0) is 23.4 Å². The second kappa shape index (κ2) is 6.53. The monoisotopic (exact) mass is 257 g/mol. The maximum absolute atomic E-state index is 4.58. The van der Waals surface area contributed by atoms with Crippen LogP contribution in [0.15, 0.2) is 30.5 Å². The molecule has 0 saturated heterocycles. The quantitative estimate of drug-likeness (QED) is 0.832. The smallest absolute Gasteiger partial charge is 0.133 e. The summed E-state index contributed by atoms with van der Waals surface area (Å²) < 4.78 is 0. The normalized spacial score (nSPS) is 11.2. The van der Waals surface area contributed by atoms with Crippen molar-refractivity contribution in [3.05, 3.63) is 36.0 Å². The summed E-state index contributed by atoms with van der Waals surface area (Å²) >= 11 is 0. The maximum atomic E-state index is 4.58. The summed E-state index contributed by atoms with van der Waals surface area (Å²) in [5.74, 6) is 1.60. The Morgan fingerprint density at radius 2 is 1.89 bits per heavy atom. The van der Waals surface area contributed by atoms with Crippen LogP contribution in [0.3, 0.4) is 0 Å². The third-order valence-corrected chi connectivity index (χ3v) is 3.12. The topological polar surface area (TPSA) is 37.0 Å². The van der Waals surface area contributed by atoms with Crippen molar-refractivity contribution in [1.82, 2.24) is 10.3 Å². The van der Waals surface area contributed by atoms with E-state index in [0.717, 1.165) is 25.5 Å². The van der Waals surface area contributed by atoms with Crippen molar-refractivity contribution in [2.45, 2.75) is 27.3 Å². The molecule has 0 aliphatic carbocycles. The van der Waals surface area contributed by atoms with Gasteiger partial charge in [-0.3, -0.25) is 0 Å². The van der Waals surface area contributed by atoms with Gasteiger partial charge in [0.1, 0.15) is 5.82 Å². The van der Waals surface area contributed by atoms with Crippen molar-refractivity contribution in [3.63, 3.8) is 0 Å². The van der Waals surface area contributed by atoms with Crippen LogP contribution in [-0.4, -0.2) is 18.1 Å². The Morgan fingerprint density at radius 1 is 1.16 bits per heavy atom. The molecule has 1 aromatic carbocycles. The van der Waals surface area contributed by atoms with Gasteiger partial charge in [-0.25, -0.2) is 4.98 Å². The van der Waals surface area contributed by atoms with Gasteiger partial charge in [0.25, 0.3) is 0 Å². The highest BCUT2D eigenvalue weighted by Gasteiger charge is 2.06.